The van der Waals surface area contributed by atoms with Crippen LogP contribution in [0.15, 0.2) is 18.5 Å². The minimum absolute atomic E-state index is 0.0895. The highest BCUT2D eigenvalue weighted by Gasteiger charge is 2.38. The third kappa shape index (κ3) is 4.05. The van der Waals surface area contributed by atoms with Gasteiger partial charge < -0.3 is 20.2 Å². The fourth-order valence-corrected chi connectivity index (χ4v) is 3.67. The lowest BCUT2D eigenvalue weighted by Crippen LogP contribution is -2.56. The molecular formula is C16H22F3N3O3. The molecule has 0 amide bonds. The Morgan fingerprint density at radius 2 is 1.80 bits per heavy atom. The molecule has 2 aliphatic heterocycles. The summed E-state index contributed by atoms with van der Waals surface area (Å²) in [4.78, 5) is 7.36. The lowest BCUT2D eigenvalue weighted by atomic mass is 10.00. The van der Waals surface area contributed by atoms with E-state index in [0.29, 0.717) is 19.6 Å². The second kappa shape index (κ2) is 7.06. The largest absolute Gasteiger partial charge is 0.418 e. The number of aromatic nitrogens is 1. The molecule has 4 atom stereocenters. The van der Waals surface area contributed by atoms with Gasteiger partial charge in [0.05, 0.1) is 29.7 Å². The fourth-order valence-electron chi connectivity index (χ4n) is 3.67. The third-order valence-corrected chi connectivity index (χ3v) is 4.93. The number of aliphatic hydroxyl groups is 3. The number of alkyl halides is 3. The Morgan fingerprint density at radius 3 is 2.44 bits per heavy atom. The van der Waals surface area contributed by atoms with Crippen molar-refractivity contribution in [2.45, 2.75) is 30.9 Å². The minimum atomic E-state index is -4.42. The molecule has 2 saturated heterocycles. The molecule has 0 spiro atoms. The average molecular weight is 361 g/mol. The van der Waals surface area contributed by atoms with E-state index in [2.05, 4.69) is 4.98 Å². The van der Waals surface area contributed by atoms with E-state index in [4.69, 9.17) is 0 Å². The zero-order valence-corrected chi connectivity index (χ0v) is 13.6. The SMILES string of the molecule is OC1[C@H](O)CN(C[C@@H]2CCN(c3cnccc3C(F)(F)F)C2)C[C@@H]1O. The Hall–Kier alpha value is -1.42. The van der Waals surface area contributed by atoms with Crippen LogP contribution in [0.4, 0.5) is 18.9 Å². The molecule has 0 aliphatic carbocycles. The maximum absolute atomic E-state index is 13.2. The number of nitrogens with zero attached hydrogens (tertiary/aromatic N) is 3. The lowest BCUT2D eigenvalue weighted by molar-refractivity contribution is -0.137. The summed E-state index contributed by atoms with van der Waals surface area (Å²) in [5, 5.41) is 29.1. The van der Waals surface area contributed by atoms with E-state index < -0.39 is 30.1 Å². The van der Waals surface area contributed by atoms with Crippen LogP contribution >= 0.6 is 0 Å². The van der Waals surface area contributed by atoms with Crippen molar-refractivity contribution in [1.29, 1.82) is 0 Å². The molecule has 0 radical (unpaired) electrons. The van der Waals surface area contributed by atoms with Crippen LogP contribution in [0, 0.1) is 5.92 Å². The molecular weight excluding hydrogens is 339 g/mol. The van der Waals surface area contributed by atoms with E-state index in [1.54, 1.807) is 4.90 Å². The van der Waals surface area contributed by atoms with Crippen molar-refractivity contribution in [3.05, 3.63) is 24.0 Å². The van der Waals surface area contributed by atoms with Crippen LogP contribution in [0.3, 0.4) is 0 Å². The smallest absolute Gasteiger partial charge is 0.389 e. The summed E-state index contributed by atoms with van der Waals surface area (Å²) in [7, 11) is 0. The molecule has 0 aromatic carbocycles. The van der Waals surface area contributed by atoms with Gasteiger partial charge in [0.1, 0.15) is 6.10 Å². The van der Waals surface area contributed by atoms with Gasteiger partial charge in [0.25, 0.3) is 0 Å². The topological polar surface area (TPSA) is 80.1 Å². The van der Waals surface area contributed by atoms with Gasteiger partial charge in [-0.3, -0.25) is 9.88 Å². The zero-order chi connectivity index (χ0) is 18.2. The van der Waals surface area contributed by atoms with Gasteiger partial charge in [-0.25, -0.2) is 0 Å². The van der Waals surface area contributed by atoms with Crippen LogP contribution in [-0.2, 0) is 6.18 Å². The molecule has 0 saturated carbocycles. The number of pyridine rings is 1. The van der Waals surface area contributed by atoms with Gasteiger partial charge in [0, 0.05) is 38.9 Å². The molecule has 1 unspecified atom stereocenters. The Balaban J connectivity index is 1.63. The van der Waals surface area contributed by atoms with Crippen molar-refractivity contribution in [3.63, 3.8) is 0 Å². The van der Waals surface area contributed by atoms with E-state index in [1.807, 2.05) is 4.90 Å². The highest BCUT2D eigenvalue weighted by atomic mass is 19.4. The van der Waals surface area contributed by atoms with Crippen LogP contribution < -0.4 is 4.90 Å². The molecule has 3 heterocycles. The number of halogens is 3. The third-order valence-electron chi connectivity index (χ3n) is 4.93. The Morgan fingerprint density at radius 1 is 1.12 bits per heavy atom. The van der Waals surface area contributed by atoms with Gasteiger partial charge in [0.15, 0.2) is 0 Å². The monoisotopic (exact) mass is 361 g/mol. The summed E-state index contributed by atoms with van der Waals surface area (Å²) in [6, 6.07) is 0.987. The molecule has 25 heavy (non-hydrogen) atoms. The van der Waals surface area contributed by atoms with Gasteiger partial charge in [-0.1, -0.05) is 0 Å². The predicted molar refractivity (Wildman–Crippen MR) is 84.0 cm³/mol. The van der Waals surface area contributed by atoms with Crippen molar-refractivity contribution in [2.24, 2.45) is 5.92 Å². The molecule has 0 bridgehead atoms. The lowest BCUT2D eigenvalue weighted by Gasteiger charge is -2.38. The van der Waals surface area contributed by atoms with Gasteiger partial charge in [0.2, 0.25) is 0 Å². The van der Waals surface area contributed by atoms with E-state index >= 15 is 0 Å². The van der Waals surface area contributed by atoms with Crippen molar-refractivity contribution < 1.29 is 28.5 Å². The van der Waals surface area contributed by atoms with Crippen molar-refractivity contribution >= 4 is 5.69 Å². The average Bonchev–Trinajstić information content (AvgIpc) is 3.00. The van der Waals surface area contributed by atoms with Crippen molar-refractivity contribution in [2.75, 3.05) is 37.6 Å². The Kier molecular flexibility index (Phi) is 5.19. The van der Waals surface area contributed by atoms with Crippen LogP contribution in [0.2, 0.25) is 0 Å². The number of β-amino-alcohol motifs (C(OH)–C–C–N with tert-alkyl or cyclic N) is 2. The number of hydrogen-bond donors (Lipinski definition) is 3. The molecule has 3 N–H and O–H groups in total. The van der Waals surface area contributed by atoms with Crippen LogP contribution in [0.5, 0.6) is 0 Å². The number of rotatable bonds is 3. The standard InChI is InChI=1S/C16H22F3N3O3/c17-16(18,19)11-1-3-20-5-12(11)22-4-2-10(7-22)6-21-8-13(23)15(25)14(24)9-21/h1,3,5,10,13-15,23-25H,2,4,6-9H2/t10-,13-,14+,15?/m0/s1. The number of aliphatic hydroxyl groups excluding tert-OH is 3. The molecule has 2 fully saturated rings. The second-order valence-corrected chi connectivity index (χ2v) is 6.84. The number of likely N-dealkylation sites (tertiary alicyclic amines) is 1. The van der Waals surface area contributed by atoms with Crippen molar-refractivity contribution in [3.8, 4) is 0 Å². The quantitative estimate of drug-likeness (QED) is 0.720. The summed E-state index contributed by atoms with van der Waals surface area (Å²) in [5.41, 5.74) is -0.596. The number of piperidine rings is 1. The van der Waals surface area contributed by atoms with Crippen LogP contribution in [0.25, 0.3) is 0 Å². The first kappa shape index (κ1) is 18.4. The molecule has 3 rings (SSSR count). The van der Waals surface area contributed by atoms with Crippen LogP contribution in [-0.4, -0.2) is 76.2 Å². The molecule has 140 valence electrons. The van der Waals surface area contributed by atoms with E-state index in [9.17, 15) is 28.5 Å². The number of hydrogen-bond acceptors (Lipinski definition) is 6. The van der Waals surface area contributed by atoms with E-state index in [-0.39, 0.29) is 24.7 Å². The van der Waals surface area contributed by atoms with Gasteiger partial charge >= 0.3 is 6.18 Å². The summed E-state index contributed by atoms with van der Waals surface area (Å²) in [5.74, 6) is 0.121. The van der Waals surface area contributed by atoms with Gasteiger partial charge in [-0.2, -0.15) is 13.2 Å². The van der Waals surface area contributed by atoms with E-state index in [1.165, 1.54) is 6.20 Å². The molecule has 6 nitrogen and oxygen atoms in total. The highest BCUT2D eigenvalue weighted by molar-refractivity contribution is 5.53. The minimum Gasteiger partial charge on any atom is -0.389 e. The van der Waals surface area contributed by atoms with Crippen molar-refractivity contribution in [1.82, 2.24) is 9.88 Å². The Bertz CT molecular complexity index is 589. The zero-order valence-electron chi connectivity index (χ0n) is 13.6. The first-order valence-corrected chi connectivity index (χ1v) is 8.28. The predicted octanol–water partition coefficient (Wildman–Crippen LogP) is 0.325. The maximum atomic E-state index is 13.2. The van der Waals surface area contributed by atoms with E-state index in [0.717, 1.165) is 18.7 Å². The summed E-state index contributed by atoms with van der Waals surface area (Å²) in [6.07, 6.45) is -4.50. The Labute approximate surface area is 143 Å². The first-order chi connectivity index (χ1) is 11.8. The van der Waals surface area contributed by atoms with Gasteiger partial charge in [-0.05, 0) is 18.4 Å². The molecule has 1 aromatic rings. The first-order valence-electron chi connectivity index (χ1n) is 8.28. The summed E-state index contributed by atoms with van der Waals surface area (Å²) >= 11 is 0. The summed E-state index contributed by atoms with van der Waals surface area (Å²) in [6.45, 7) is 2.00. The maximum Gasteiger partial charge on any atom is 0.418 e. The van der Waals surface area contributed by atoms with Gasteiger partial charge in [-0.15, -0.1) is 0 Å². The second-order valence-electron chi connectivity index (χ2n) is 6.84. The number of anilines is 1. The van der Waals surface area contributed by atoms with Crippen LogP contribution in [0.1, 0.15) is 12.0 Å². The normalized spacial score (nSPS) is 31.5. The summed E-state index contributed by atoms with van der Waals surface area (Å²) < 4.78 is 39.5. The molecule has 2 aliphatic rings. The molecule has 1 aromatic heterocycles. The fraction of sp³-hybridized carbons (Fsp3) is 0.688. The molecule has 9 heteroatoms. The highest BCUT2D eigenvalue weighted by Crippen LogP contribution is 2.37.